The molecule has 0 spiro atoms. The van der Waals surface area contributed by atoms with Crippen molar-refractivity contribution in [2.75, 3.05) is 5.75 Å². The molecule has 4 nitrogen and oxygen atoms in total. The number of aliphatic carboxylic acids is 1. The molecule has 17 heavy (non-hydrogen) atoms. The molecule has 1 unspecified atom stereocenters. The number of rotatable bonds is 5. The summed E-state index contributed by atoms with van der Waals surface area (Å²) < 4.78 is 24.3. The fraction of sp³-hybridized carbons (Fsp3) is 0.364. The van der Waals surface area contributed by atoms with Gasteiger partial charge in [0, 0.05) is 4.47 Å². The monoisotopic (exact) mass is 320 g/mol. The smallest absolute Gasteiger partial charge is 0.307 e. The van der Waals surface area contributed by atoms with Crippen LogP contribution >= 0.6 is 15.9 Å². The second kappa shape index (κ2) is 5.64. The van der Waals surface area contributed by atoms with Gasteiger partial charge >= 0.3 is 5.97 Å². The summed E-state index contributed by atoms with van der Waals surface area (Å²) in [5.41, 5.74) is 0.650. The van der Waals surface area contributed by atoms with E-state index < -0.39 is 21.7 Å². The Morgan fingerprint density at radius 2 is 2.12 bits per heavy atom. The van der Waals surface area contributed by atoms with Gasteiger partial charge in [0.15, 0.2) is 9.84 Å². The molecule has 0 saturated carbocycles. The lowest BCUT2D eigenvalue weighted by atomic mass is 10.2. The van der Waals surface area contributed by atoms with Gasteiger partial charge in [0.1, 0.15) is 0 Å². The van der Waals surface area contributed by atoms with Crippen LogP contribution in [0.5, 0.6) is 0 Å². The first-order chi connectivity index (χ1) is 7.80. The van der Waals surface area contributed by atoms with E-state index in [0.29, 0.717) is 5.56 Å². The minimum Gasteiger partial charge on any atom is -0.481 e. The number of sulfone groups is 1. The number of hydrogen-bond acceptors (Lipinski definition) is 3. The van der Waals surface area contributed by atoms with Crippen molar-refractivity contribution in [1.29, 1.82) is 0 Å². The number of carboxylic acid groups (broad SMARTS) is 1. The average molecular weight is 321 g/mol. The van der Waals surface area contributed by atoms with E-state index in [4.69, 9.17) is 5.11 Å². The zero-order valence-corrected chi connectivity index (χ0v) is 11.7. The van der Waals surface area contributed by atoms with Crippen molar-refractivity contribution in [3.63, 3.8) is 0 Å². The molecule has 0 bridgehead atoms. The van der Waals surface area contributed by atoms with E-state index in [-0.39, 0.29) is 11.5 Å². The molecule has 1 rings (SSSR count). The summed E-state index contributed by atoms with van der Waals surface area (Å²) in [4.78, 5) is 10.6. The lowest BCUT2D eigenvalue weighted by Gasteiger charge is -2.08. The molecule has 0 aliphatic heterocycles. The van der Waals surface area contributed by atoms with Crippen LogP contribution in [-0.4, -0.2) is 25.2 Å². The van der Waals surface area contributed by atoms with E-state index in [1.165, 1.54) is 6.92 Å². The zero-order chi connectivity index (χ0) is 13.1. The Bertz CT molecular complexity index is 510. The van der Waals surface area contributed by atoms with Crippen molar-refractivity contribution < 1.29 is 18.3 Å². The number of hydrogen-bond donors (Lipinski definition) is 1. The fourth-order valence-corrected chi connectivity index (χ4v) is 3.55. The normalized spacial score (nSPS) is 13.3. The van der Waals surface area contributed by atoms with Crippen LogP contribution in [0.3, 0.4) is 0 Å². The first kappa shape index (κ1) is 14.2. The van der Waals surface area contributed by atoms with Gasteiger partial charge in [0.25, 0.3) is 0 Å². The Kier molecular flexibility index (Phi) is 4.70. The van der Waals surface area contributed by atoms with Gasteiger partial charge in [-0.05, 0) is 17.7 Å². The van der Waals surface area contributed by atoms with E-state index in [2.05, 4.69) is 15.9 Å². The van der Waals surface area contributed by atoms with Crippen molar-refractivity contribution in [1.82, 2.24) is 0 Å². The predicted octanol–water partition coefficient (Wildman–Crippen LogP) is 2.08. The number of carbonyl (C=O) groups is 1. The van der Waals surface area contributed by atoms with Gasteiger partial charge in [-0.1, -0.05) is 35.0 Å². The van der Waals surface area contributed by atoms with E-state index in [1.54, 1.807) is 24.3 Å². The van der Waals surface area contributed by atoms with Gasteiger partial charge < -0.3 is 5.11 Å². The maximum Gasteiger partial charge on any atom is 0.307 e. The van der Waals surface area contributed by atoms with Crippen molar-refractivity contribution in [2.24, 2.45) is 5.92 Å². The van der Waals surface area contributed by atoms with Crippen molar-refractivity contribution in [3.05, 3.63) is 34.3 Å². The summed E-state index contributed by atoms with van der Waals surface area (Å²) in [6, 6.07) is 6.96. The minimum atomic E-state index is -3.40. The number of benzene rings is 1. The van der Waals surface area contributed by atoms with Gasteiger partial charge in [0.2, 0.25) is 0 Å². The van der Waals surface area contributed by atoms with Gasteiger partial charge in [-0.3, -0.25) is 4.79 Å². The third kappa shape index (κ3) is 4.87. The summed E-state index contributed by atoms with van der Waals surface area (Å²) in [7, 11) is -3.40. The molecule has 1 atom stereocenters. The third-order valence-corrected chi connectivity index (χ3v) is 4.48. The molecule has 6 heteroatoms. The quantitative estimate of drug-likeness (QED) is 0.901. The van der Waals surface area contributed by atoms with Crippen LogP contribution in [0.15, 0.2) is 28.7 Å². The Morgan fingerprint density at radius 1 is 1.47 bits per heavy atom. The van der Waals surface area contributed by atoms with Crippen LogP contribution in [0, 0.1) is 5.92 Å². The van der Waals surface area contributed by atoms with Gasteiger partial charge in [0.05, 0.1) is 17.4 Å². The molecule has 0 fully saturated rings. The second-order valence-corrected chi connectivity index (χ2v) is 6.95. The molecule has 0 amide bonds. The Balaban J connectivity index is 2.77. The molecule has 0 aromatic heterocycles. The first-order valence-electron chi connectivity index (χ1n) is 4.98. The molecule has 1 N–H and O–H groups in total. The van der Waals surface area contributed by atoms with Crippen LogP contribution in [0.4, 0.5) is 0 Å². The molecular formula is C11H13BrO4S. The van der Waals surface area contributed by atoms with Gasteiger partial charge in [-0.15, -0.1) is 0 Å². The van der Waals surface area contributed by atoms with Crippen LogP contribution in [0.1, 0.15) is 12.5 Å². The van der Waals surface area contributed by atoms with E-state index in [0.717, 1.165) is 4.47 Å². The van der Waals surface area contributed by atoms with E-state index in [1.807, 2.05) is 0 Å². The third-order valence-electron chi connectivity index (χ3n) is 2.20. The van der Waals surface area contributed by atoms with Gasteiger partial charge in [-0.2, -0.15) is 0 Å². The second-order valence-electron chi connectivity index (χ2n) is 3.92. The summed E-state index contributed by atoms with van der Waals surface area (Å²) in [6.07, 6.45) is 0. The SMILES string of the molecule is CC(CS(=O)(=O)Cc1cccc(Br)c1)C(=O)O. The summed E-state index contributed by atoms with van der Waals surface area (Å²) in [5, 5.41) is 8.68. The topological polar surface area (TPSA) is 71.4 Å². The molecular weight excluding hydrogens is 308 g/mol. The summed E-state index contributed by atoms with van der Waals surface area (Å²) in [5.74, 6) is -2.45. The lowest BCUT2D eigenvalue weighted by molar-refractivity contribution is -0.140. The highest BCUT2D eigenvalue weighted by molar-refractivity contribution is 9.10. The van der Waals surface area contributed by atoms with Crippen molar-refractivity contribution in [2.45, 2.75) is 12.7 Å². The summed E-state index contributed by atoms with van der Waals surface area (Å²) >= 11 is 3.25. The molecule has 94 valence electrons. The molecule has 0 saturated heterocycles. The van der Waals surface area contributed by atoms with Gasteiger partial charge in [-0.25, -0.2) is 8.42 Å². The number of halogens is 1. The van der Waals surface area contributed by atoms with Crippen LogP contribution < -0.4 is 0 Å². The van der Waals surface area contributed by atoms with E-state index >= 15 is 0 Å². The average Bonchev–Trinajstić information content (AvgIpc) is 2.15. The van der Waals surface area contributed by atoms with Crippen LogP contribution in [0.25, 0.3) is 0 Å². The van der Waals surface area contributed by atoms with Crippen LogP contribution in [0.2, 0.25) is 0 Å². The lowest BCUT2D eigenvalue weighted by Crippen LogP contribution is -2.22. The molecule has 1 aromatic carbocycles. The molecule has 0 radical (unpaired) electrons. The summed E-state index contributed by atoms with van der Waals surface area (Å²) in [6.45, 7) is 1.39. The molecule has 1 aromatic rings. The largest absolute Gasteiger partial charge is 0.481 e. The standard InChI is InChI=1S/C11H13BrO4S/c1-8(11(13)14)6-17(15,16)7-9-3-2-4-10(12)5-9/h2-5,8H,6-7H2,1H3,(H,13,14). The van der Waals surface area contributed by atoms with Crippen LogP contribution in [-0.2, 0) is 20.4 Å². The molecule has 0 heterocycles. The predicted molar refractivity (Wildman–Crippen MR) is 68.4 cm³/mol. The zero-order valence-electron chi connectivity index (χ0n) is 9.26. The van der Waals surface area contributed by atoms with Crippen molar-refractivity contribution in [3.8, 4) is 0 Å². The fourth-order valence-electron chi connectivity index (χ4n) is 1.39. The number of carboxylic acids is 1. The maximum atomic E-state index is 11.7. The highest BCUT2D eigenvalue weighted by Crippen LogP contribution is 2.15. The molecule has 0 aliphatic carbocycles. The highest BCUT2D eigenvalue weighted by Gasteiger charge is 2.21. The minimum absolute atomic E-state index is 0.135. The Labute approximate surface area is 109 Å². The maximum absolute atomic E-state index is 11.7. The molecule has 0 aliphatic rings. The van der Waals surface area contributed by atoms with Crippen molar-refractivity contribution >= 4 is 31.7 Å². The van der Waals surface area contributed by atoms with E-state index in [9.17, 15) is 13.2 Å². The Morgan fingerprint density at radius 3 is 2.65 bits per heavy atom. The Hall–Kier alpha value is -0.880. The highest BCUT2D eigenvalue weighted by atomic mass is 79.9. The first-order valence-corrected chi connectivity index (χ1v) is 7.59.